The van der Waals surface area contributed by atoms with Crippen molar-refractivity contribution in [2.45, 2.75) is 19.9 Å². The minimum absolute atomic E-state index is 0.0229. The van der Waals surface area contributed by atoms with E-state index in [-0.39, 0.29) is 11.6 Å². The van der Waals surface area contributed by atoms with E-state index < -0.39 is 11.7 Å². The molecule has 0 saturated heterocycles. The molecule has 0 saturated carbocycles. The number of amides is 1. The highest BCUT2D eigenvalue weighted by molar-refractivity contribution is 5.95. The van der Waals surface area contributed by atoms with Gasteiger partial charge >= 0.3 is 0 Å². The van der Waals surface area contributed by atoms with Crippen LogP contribution in [0.5, 0.6) is 0 Å². The summed E-state index contributed by atoms with van der Waals surface area (Å²) in [7, 11) is 0. The average Bonchev–Trinajstić information content (AvgIpc) is 2.43. The Balaban J connectivity index is 2.21. The van der Waals surface area contributed by atoms with Crippen LogP contribution in [-0.2, 0) is 0 Å². The van der Waals surface area contributed by atoms with Crippen LogP contribution < -0.4 is 11.1 Å². The van der Waals surface area contributed by atoms with Gasteiger partial charge in [-0.1, -0.05) is 30.3 Å². The first-order valence-corrected chi connectivity index (χ1v) is 6.40. The van der Waals surface area contributed by atoms with Crippen molar-refractivity contribution in [1.29, 1.82) is 0 Å². The lowest BCUT2D eigenvalue weighted by Gasteiger charge is -2.15. The van der Waals surface area contributed by atoms with Gasteiger partial charge in [0.05, 0.1) is 11.6 Å². The number of nitrogens with two attached hydrogens (primary N) is 1. The summed E-state index contributed by atoms with van der Waals surface area (Å²) in [5.74, 6) is -0.994. The average molecular weight is 272 g/mol. The monoisotopic (exact) mass is 272 g/mol. The van der Waals surface area contributed by atoms with Gasteiger partial charge in [-0.2, -0.15) is 0 Å². The zero-order valence-corrected chi connectivity index (χ0v) is 11.5. The summed E-state index contributed by atoms with van der Waals surface area (Å²) in [6.07, 6.45) is 0. The molecule has 0 aliphatic heterocycles. The van der Waals surface area contributed by atoms with Crippen LogP contribution in [0.15, 0.2) is 42.5 Å². The number of aryl methyl sites for hydroxylation is 1. The maximum Gasteiger partial charge on any atom is 0.254 e. The largest absolute Gasteiger partial charge is 0.399 e. The number of rotatable bonds is 3. The third kappa shape index (κ3) is 2.96. The summed E-state index contributed by atoms with van der Waals surface area (Å²) >= 11 is 0. The molecule has 0 unspecified atom stereocenters. The van der Waals surface area contributed by atoms with Crippen molar-refractivity contribution < 1.29 is 9.18 Å². The van der Waals surface area contributed by atoms with Gasteiger partial charge in [-0.25, -0.2) is 4.39 Å². The molecular weight excluding hydrogens is 255 g/mol. The highest BCUT2D eigenvalue weighted by Gasteiger charge is 2.17. The number of nitrogens with one attached hydrogen (secondary N) is 1. The summed E-state index contributed by atoms with van der Waals surface area (Å²) in [5.41, 5.74) is 7.34. The number of hydrogen-bond acceptors (Lipinski definition) is 2. The van der Waals surface area contributed by atoms with E-state index in [2.05, 4.69) is 5.32 Å². The molecule has 2 aromatic carbocycles. The van der Waals surface area contributed by atoms with Gasteiger partial charge in [0.25, 0.3) is 5.91 Å². The quantitative estimate of drug-likeness (QED) is 0.843. The highest BCUT2D eigenvalue weighted by Crippen LogP contribution is 2.19. The van der Waals surface area contributed by atoms with E-state index in [9.17, 15) is 9.18 Å². The third-order valence-electron chi connectivity index (χ3n) is 3.17. The molecule has 0 aromatic heterocycles. The Hall–Kier alpha value is -2.36. The highest BCUT2D eigenvalue weighted by atomic mass is 19.1. The fraction of sp³-hybridized carbons (Fsp3) is 0.188. The molecule has 1 atom stereocenters. The molecule has 0 fully saturated rings. The van der Waals surface area contributed by atoms with Crippen molar-refractivity contribution in [3.8, 4) is 0 Å². The predicted octanol–water partition coefficient (Wildman–Crippen LogP) is 3.21. The first-order chi connectivity index (χ1) is 9.49. The molecule has 0 spiro atoms. The lowest BCUT2D eigenvalue weighted by molar-refractivity contribution is 0.0935. The van der Waals surface area contributed by atoms with Crippen LogP contribution in [0, 0.1) is 12.7 Å². The minimum atomic E-state index is -0.531. The fourth-order valence-corrected chi connectivity index (χ4v) is 2.06. The maximum atomic E-state index is 14.0. The van der Waals surface area contributed by atoms with Crippen LogP contribution in [0.4, 0.5) is 10.1 Å². The Labute approximate surface area is 117 Å². The molecule has 104 valence electrons. The molecule has 0 heterocycles. The second kappa shape index (κ2) is 5.74. The normalized spacial score (nSPS) is 11.9. The first-order valence-electron chi connectivity index (χ1n) is 6.40. The zero-order chi connectivity index (χ0) is 14.7. The second-order valence-corrected chi connectivity index (χ2v) is 4.81. The van der Waals surface area contributed by atoms with E-state index in [4.69, 9.17) is 5.73 Å². The van der Waals surface area contributed by atoms with Gasteiger partial charge in [0.1, 0.15) is 5.82 Å². The molecule has 1 amide bonds. The van der Waals surface area contributed by atoms with E-state index in [1.54, 1.807) is 6.92 Å². The number of hydrogen-bond donors (Lipinski definition) is 2. The van der Waals surface area contributed by atoms with Crippen LogP contribution in [0.1, 0.15) is 34.5 Å². The van der Waals surface area contributed by atoms with E-state index >= 15 is 0 Å². The summed E-state index contributed by atoms with van der Waals surface area (Å²) < 4.78 is 14.0. The van der Waals surface area contributed by atoms with Crippen LogP contribution in [0.25, 0.3) is 0 Å². The van der Waals surface area contributed by atoms with Crippen molar-refractivity contribution in [3.05, 3.63) is 65.0 Å². The second-order valence-electron chi connectivity index (χ2n) is 4.81. The van der Waals surface area contributed by atoms with Gasteiger partial charge in [0.2, 0.25) is 0 Å². The summed E-state index contributed by atoms with van der Waals surface area (Å²) in [5, 5.41) is 2.77. The SMILES string of the molecule is Cc1cc(N)cc(C(=O)N[C@@H](C)c2ccccc2)c1F. The van der Waals surface area contributed by atoms with Gasteiger partial charge in [-0.05, 0) is 37.1 Å². The lowest BCUT2D eigenvalue weighted by Crippen LogP contribution is -2.27. The molecule has 3 nitrogen and oxygen atoms in total. The number of carbonyl (C=O) groups is 1. The van der Waals surface area contributed by atoms with Crippen molar-refractivity contribution in [1.82, 2.24) is 5.32 Å². The number of carbonyl (C=O) groups excluding carboxylic acids is 1. The predicted molar refractivity (Wildman–Crippen MR) is 77.9 cm³/mol. The van der Waals surface area contributed by atoms with Gasteiger partial charge in [0, 0.05) is 5.69 Å². The zero-order valence-electron chi connectivity index (χ0n) is 11.5. The minimum Gasteiger partial charge on any atom is -0.399 e. The topological polar surface area (TPSA) is 55.1 Å². The van der Waals surface area contributed by atoms with Crippen LogP contribution in [0.2, 0.25) is 0 Å². The van der Waals surface area contributed by atoms with Crippen molar-refractivity contribution in [2.24, 2.45) is 0 Å². The number of anilines is 1. The van der Waals surface area contributed by atoms with Gasteiger partial charge in [-0.15, -0.1) is 0 Å². The molecule has 3 N–H and O–H groups in total. The Morgan fingerprint density at radius 2 is 1.90 bits per heavy atom. The van der Waals surface area contributed by atoms with Crippen LogP contribution >= 0.6 is 0 Å². The molecule has 0 aliphatic rings. The summed E-state index contributed by atoms with van der Waals surface area (Å²) in [6, 6.07) is 12.2. The molecular formula is C16H17FN2O. The molecule has 2 rings (SSSR count). The number of halogens is 1. The third-order valence-corrected chi connectivity index (χ3v) is 3.17. The lowest BCUT2D eigenvalue weighted by atomic mass is 10.1. The van der Waals surface area contributed by atoms with Gasteiger partial charge in [-0.3, -0.25) is 4.79 Å². The van der Waals surface area contributed by atoms with Gasteiger partial charge in [0.15, 0.2) is 0 Å². The smallest absolute Gasteiger partial charge is 0.254 e. The Kier molecular flexibility index (Phi) is 4.03. The maximum absolute atomic E-state index is 14.0. The standard InChI is InChI=1S/C16H17FN2O/c1-10-8-13(18)9-14(15(10)17)16(20)19-11(2)12-6-4-3-5-7-12/h3-9,11H,18H2,1-2H3,(H,19,20)/t11-/m0/s1. The number of benzene rings is 2. The Morgan fingerprint density at radius 3 is 2.55 bits per heavy atom. The molecule has 0 bridgehead atoms. The van der Waals surface area contributed by atoms with Crippen molar-refractivity contribution >= 4 is 11.6 Å². The van der Waals surface area contributed by atoms with Crippen LogP contribution in [0.3, 0.4) is 0 Å². The van der Waals surface area contributed by atoms with E-state index in [0.717, 1.165) is 5.56 Å². The Morgan fingerprint density at radius 1 is 1.25 bits per heavy atom. The first kappa shape index (κ1) is 14.1. The van der Waals surface area contributed by atoms with Crippen molar-refractivity contribution in [3.63, 3.8) is 0 Å². The van der Waals surface area contributed by atoms with Crippen molar-refractivity contribution in [2.75, 3.05) is 5.73 Å². The summed E-state index contributed by atoms with van der Waals surface area (Å²) in [4.78, 5) is 12.1. The van der Waals surface area contributed by atoms with Crippen LogP contribution in [-0.4, -0.2) is 5.91 Å². The van der Waals surface area contributed by atoms with E-state index in [1.165, 1.54) is 12.1 Å². The van der Waals surface area contributed by atoms with E-state index in [0.29, 0.717) is 11.3 Å². The van der Waals surface area contributed by atoms with E-state index in [1.807, 2.05) is 37.3 Å². The molecule has 2 aromatic rings. The molecule has 0 radical (unpaired) electrons. The molecule has 4 heteroatoms. The Bertz CT molecular complexity index is 626. The fourth-order valence-electron chi connectivity index (χ4n) is 2.06. The summed E-state index contributed by atoms with van der Waals surface area (Å²) in [6.45, 7) is 3.44. The van der Waals surface area contributed by atoms with Gasteiger partial charge < -0.3 is 11.1 Å². The molecule has 0 aliphatic carbocycles. The number of nitrogen functional groups attached to an aromatic ring is 1. The molecule has 20 heavy (non-hydrogen) atoms.